The van der Waals surface area contributed by atoms with E-state index in [1.807, 2.05) is 6.92 Å². The lowest BCUT2D eigenvalue weighted by Gasteiger charge is -2.05. The molecule has 0 saturated heterocycles. The van der Waals surface area contributed by atoms with Gasteiger partial charge in [0.25, 0.3) is 5.91 Å². The highest BCUT2D eigenvalue weighted by atomic mass is 19.1. The summed E-state index contributed by atoms with van der Waals surface area (Å²) in [7, 11) is 0. The Morgan fingerprint density at radius 3 is 2.74 bits per heavy atom. The number of carbonyl (C=O) groups excluding carboxylic acids is 1. The molecule has 0 aliphatic heterocycles. The van der Waals surface area contributed by atoms with Gasteiger partial charge < -0.3 is 10.4 Å². The Labute approximate surface area is 110 Å². The van der Waals surface area contributed by atoms with Gasteiger partial charge in [0.15, 0.2) is 0 Å². The van der Waals surface area contributed by atoms with Crippen LogP contribution in [0.25, 0.3) is 6.08 Å². The quantitative estimate of drug-likeness (QED) is 0.613. The van der Waals surface area contributed by atoms with Crippen molar-refractivity contribution in [2.45, 2.75) is 19.8 Å². The maximum absolute atomic E-state index is 13.7. The predicted octanol–water partition coefficient (Wildman–Crippen LogP) is 2.45. The van der Waals surface area contributed by atoms with E-state index in [1.54, 1.807) is 0 Å². The van der Waals surface area contributed by atoms with Crippen LogP contribution in [-0.2, 0) is 4.79 Å². The Kier molecular flexibility index (Phi) is 5.73. The smallest absolute Gasteiger partial charge is 0.328 e. The lowest BCUT2D eigenvalue weighted by atomic mass is 10.1. The van der Waals surface area contributed by atoms with Crippen molar-refractivity contribution in [3.8, 4) is 0 Å². The molecular weight excluding hydrogens is 249 g/mol. The molecule has 0 heterocycles. The number of carboxylic acids is 1. The summed E-state index contributed by atoms with van der Waals surface area (Å²) in [5.41, 5.74) is 0.355. The Morgan fingerprint density at radius 2 is 2.16 bits per heavy atom. The average molecular weight is 265 g/mol. The van der Waals surface area contributed by atoms with Crippen LogP contribution in [0.4, 0.5) is 4.39 Å². The van der Waals surface area contributed by atoms with Gasteiger partial charge in [0.2, 0.25) is 0 Å². The van der Waals surface area contributed by atoms with Crippen LogP contribution < -0.4 is 5.32 Å². The van der Waals surface area contributed by atoms with Crippen molar-refractivity contribution in [2.24, 2.45) is 0 Å². The Bertz CT molecular complexity index is 497. The van der Waals surface area contributed by atoms with Gasteiger partial charge in [0.1, 0.15) is 5.82 Å². The van der Waals surface area contributed by atoms with Gasteiger partial charge in [-0.3, -0.25) is 4.79 Å². The van der Waals surface area contributed by atoms with Gasteiger partial charge in [-0.1, -0.05) is 19.4 Å². The summed E-state index contributed by atoms with van der Waals surface area (Å²) in [6.07, 6.45) is 3.97. The highest BCUT2D eigenvalue weighted by Gasteiger charge is 2.10. The summed E-state index contributed by atoms with van der Waals surface area (Å²) in [6, 6.07) is 3.98. The molecule has 1 aromatic rings. The fourth-order valence-electron chi connectivity index (χ4n) is 1.46. The number of unbranched alkanes of at least 4 members (excludes halogenated alkanes) is 1. The molecule has 0 atom stereocenters. The normalized spacial score (nSPS) is 10.6. The summed E-state index contributed by atoms with van der Waals surface area (Å²) in [5, 5.41) is 11.1. The van der Waals surface area contributed by atoms with Crippen LogP contribution in [0.3, 0.4) is 0 Å². The molecule has 19 heavy (non-hydrogen) atoms. The predicted molar refractivity (Wildman–Crippen MR) is 70.3 cm³/mol. The number of benzene rings is 1. The second-order valence-electron chi connectivity index (χ2n) is 4.02. The molecule has 1 amide bonds. The van der Waals surface area contributed by atoms with Crippen molar-refractivity contribution < 1.29 is 19.1 Å². The molecule has 2 N–H and O–H groups in total. The van der Waals surface area contributed by atoms with Gasteiger partial charge in [-0.15, -0.1) is 0 Å². The van der Waals surface area contributed by atoms with Crippen molar-refractivity contribution >= 4 is 18.0 Å². The van der Waals surface area contributed by atoms with Gasteiger partial charge in [-0.2, -0.15) is 0 Å². The summed E-state index contributed by atoms with van der Waals surface area (Å²) >= 11 is 0. The molecule has 5 heteroatoms. The molecule has 0 unspecified atom stereocenters. The highest BCUT2D eigenvalue weighted by Crippen LogP contribution is 2.12. The summed E-state index contributed by atoms with van der Waals surface area (Å²) < 4.78 is 13.7. The number of carbonyl (C=O) groups is 2. The summed E-state index contributed by atoms with van der Waals surface area (Å²) in [6.45, 7) is 2.51. The first-order valence-corrected chi connectivity index (χ1v) is 6.03. The number of amides is 1. The number of halogens is 1. The van der Waals surface area contributed by atoms with Gasteiger partial charge in [-0.25, -0.2) is 9.18 Å². The third-order valence-electron chi connectivity index (χ3n) is 2.47. The van der Waals surface area contributed by atoms with Crippen LogP contribution in [0.5, 0.6) is 0 Å². The zero-order valence-electron chi connectivity index (χ0n) is 10.6. The maximum Gasteiger partial charge on any atom is 0.328 e. The minimum Gasteiger partial charge on any atom is -0.478 e. The lowest BCUT2D eigenvalue weighted by molar-refractivity contribution is -0.131. The molecule has 0 radical (unpaired) electrons. The third-order valence-corrected chi connectivity index (χ3v) is 2.47. The molecular formula is C14H16FNO3. The van der Waals surface area contributed by atoms with Crippen molar-refractivity contribution in [3.05, 3.63) is 41.2 Å². The van der Waals surface area contributed by atoms with Gasteiger partial charge >= 0.3 is 5.97 Å². The summed E-state index contributed by atoms with van der Waals surface area (Å²) in [5.74, 6) is -2.23. The topological polar surface area (TPSA) is 66.4 Å². The van der Waals surface area contributed by atoms with Crippen molar-refractivity contribution in [1.82, 2.24) is 5.32 Å². The molecule has 0 saturated carbocycles. The van der Waals surface area contributed by atoms with E-state index in [-0.39, 0.29) is 5.56 Å². The van der Waals surface area contributed by atoms with E-state index in [2.05, 4.69) is 5.32 Å². The largest absolute Gasteiger partial charge is 0.478 e. The molecule has 0 spiro atoms. The van der Waals surface area contributed by atoms with Crippen LogP contribution in [0.15, 0.2) is 24.3 Å². The Hall–Kier alpha value is -2.17. The molecule has 0 bridgehead atoms. The van der Waals surface area contributed by atoms with Crippen LogP contribution >= 0.6 is 0 Å². The Morgan fingerprint density at radius 1 is 1.42 bits per heavy atom. The molecule has 0 aromatic heterocycles. The minimum atomic E-state index is -1.11. The fraction of sp³-hybridized carbons (Fsp3) is 0.286. The molecule has 1 rings (SSSR count). The van der Waals surface area contributed by atoms with Gasteiger partial charge in [-0.05, 0) is 30.2 Å². The first-order valence-electron chi connectivity index (χ1n) is 6.03. The van der Waals surface area contributed by atoms with Crippen LogP contribution in [0.2, 0.25) is 0 Å². The molecule has 0 aliphatic rings. The molecule has 0 aliphatic carbocycles. The van der Waals surface area contributed by atoms with Crippen LogP contribution in [0.1, 0.15) is 35.7 Å². The molecule has 102 valence electrons. The number of hydrogen-bond donors (Lipinski definition) is 2. The fourth-order valence-corrected chi connectivity index (χ4v) is 1.46. The summed E-state index contributed by atoms with van der Waals surface area (Å²) in [4.78, 5) is 22.0. The Balaban J connectivity index is 2.76. The van der Waals surface area contributed by atoms with E-state index in [1.165, 1.54) is 18.2 Å². The molecule has 0 fully saturated rings. The number of carboxylic acid groups (broad SMARTS) is 1. The van der Waals surface area contributed by atoms with Crippen LogP contribution in [0, 0.1) is 5.82 Å². The number of aliphatic carboxylic acids is 1. The SMILES string of the molecule is CCCCNC(=O)c1ccc(C=CC(=O)O)cc1F. The monoisotopic (exact) mass is 265 g/mol. The van der Waals surface area contributed by atoms with Crippen molar-refractivity contribution in [1.29, 1.82) is 0 Å². The van der Waals surface area contributed by atoms with E-state index in [4.69, 9.17) is 5.11 Å². The standard InChI is InChI=1S/C14H16FNO3/c1-2-3-8-16-14(19)11-6-4-10(9-12(11)15)5-7-13(17)18/h4-7,9H,2-3,8H2,1H3,(H,16,19)(H,17,18). The van der Waals surface area contributed by atoms with E-state index in [0.717, 1.165) is 25.0 Å². The van der Waals surface area contributed by atoms with Crippen molar-refractivity contribution in [3.63, 3.8) is 0 Å². The zero-order valence-corrected chi connectivity index (χ0v) is 10.6. The second kappa shape index (κ2) is 7.31. The highest BCUT2D eigenvalue weighted by molar-refractivity contribution is 5.94. The van der Waals surface area contributed by atoms with Gasteiger partial charge in [0, 0.05) is 12.6 Å². The molecule has 4 nitrogen and oxygen atoms in total. The number of rotatable bonds is 6. The maximum atomic E-state index is 13.7. The van der Waals surface area contributed by atoms with E-state index in [9.17, 15) is 14.0 Å². The zero-order chi connectivity index (χ0) is 14.3. The lowest BCUT2D eigenvalue weighted by Crippen LogP contribution is -2.25. The minimum absolute atomic E-state index is 0.0384. The van der Waals surface area contributed by atoms with E-state index in [0.29, 0.717) is 12.1 Å². The van der Waals surface area contributed by atoms with Crippen LogP contribution in [-0.4, -0.2) is 23.5 Å². The second-order valence-corrected chi connectivity index (χ2v) is 4.02. The molecule has 1 aromatic carbocycles. The third kappa shape index (κ3) is 4.91. The van der Waals surface area contributed by atoms with Gasteiger partial charge in [0.05, 0.1) is 5.56 Å². The number of hydrogen-bond acceptors (Lipinski definition) is 2. The van der Waals surface area contributed by atoms with E-state index < -0.39 is 17.7 Å². The first-order chi connectivity index (χ1) is 9.04. The van der Waals surface area contributed by atoms with Crippen molar-refractivity contribution in [2.75, 3.05) is 6.54 Å². The van der Waals surface area contributed by atoms with E-state index >= 15 is 0 Å². The number of nitrogens with one attached hydrogen (secondary N) is 1. The average Bonchev–Trinajstić information content (AvgIpc) is 2.36. The first kappa shape index (κ1) is 14.9.